The lowest BCUT2D eigenvalue weighted by Crippen LogP contribution is -2.49. The van der Waals surface area contributed by atoms with Gasteiger partial charge in [-0.05, 0) is 49.1 Å². The molecule has 34 heavy (non-hydrogen) atoms. The largest absolute Gasteiger partial charge is 0.497 e. The molecule has 0 aliphatic heterocycles. The van der Waals surface area contributed by atoms with E-state index in [1.165, 1.54) is 18.8 Å². The Labute approximate surface area is 201 Å². The molecule has 3 rings (SSSR count). The monoisotopic (exact) mass is 469 g/mol. The molecule has 1 aliphatic carbocycles. The Hall–Kier alpha value is -3.29. The summed E-state index contributed by atoms with van der Waals surface area (Å²) in [5.41, 5.74) is 0.675. The number of ether oxygens (including phenoxy) is 1. The number of hydrogen-bond donors (Lipinski definition) is 2. The van der Waals surface area contributed by atoms with E-state index in [2.05, 4.69) is 10.6 Å². The second-order valence-electron chi connectivity index (χ2n) is 8.62. The summed E-state index contributed by atoms with van der Waals surface area (Å²) in [7, 11) is 1.57. The molecule has 1 aromatic heterocycles. The number of nitrogens with one attached hydrogen (secondary N) is 2. The molecule has 2 N–H and O–H groups in total. The first kappa shape index (κ1) is 25.3. The van der Waals surface area contributed by atoms with Crippen LogP contribution in [0.2, 0.25) is 0 Å². The van der Waals surface area contributed by atoms with E-state index < -0.39 is 11.9 Å². The minimum atomic E-state index is -0.823. The van der Waals surface area contributed by atoms with Crippen LogP contribution in [0, 0.1) is 0 Å². The number of unbranched alkanes of at least 4 members (excludes halogenated alkanes) is 1. The third-order valence-electron chi connectivity index (χ3n) is 6.14. The highest BCUT2D eigenvalue weighted by atomic mass is 16.5. The van der Waals surface area contributed by atoms with Gasteiger partial charge in [-0.2, -0.15) is 0 Å². The number of methoxy groups -OCH3 is 1. The van der Waals surface area contributed by atoms with Crippen LogP contribution in [0.15, 0.2) is 47.1 Å². The molecule has 184 valence electrons. The minimum Gasteiger partial charge on any atom is -0.497 e. The molecule has 1 atom stereocenters. The number of carbonyl (C=O) groups is 3. The number of amides is 3. The maximum atomic E-state index is 13.6. The second-order valence-corrected chi connectivity index (χ2v) is 8.62. The maximum Gasteiger partial charge on any atom is 0.287 e. The quantitative estimate of drug-likeness (QED) is 0.521. The summed E-state index contributed by atoms with van der Waals surface area (Å²) < 4.78 is 10.5. The van der Waals surface area contributed by atoms with Gasteiger partial charge in [0, 0.05) is 12.6 Å². The van der Waals surface area contributed by atoms with Crippen molar-refractivity contribution in [1.82, 2.24) is 15.5 Å². The lowest BCUT2D eigenvalue weighted by atomic mass is 9.94. The van der Waals surface area contributed by atoms with Crippen LogP contribution in [0.5, 0.6) is 5.75 Å². The number of furan rings is 1. The van der Waals surface area contributed by atoms with Gasteiger partial charge in [-0.1, -0.05) is 44.7 Å². The Morgan fingerprint density at radius 2 is 1.94 bits per heavy atom. The van der Waals surface area contributed by atoms with Crippen molar-refractivity contribution in [2.75, 3.05) is 20.2 Å². The number of benzene rings is 1. The zero-order valence-electron chi connectivity index (χ0n) is 20.0. The van der Waals surface area contributed by atoms with Gasteiger partial charge in [0.15, 0.2) is 5.76 Å². The fourth-order valence-corrected chi connectivity index (χ4v) is 4.29. The van der Waals surface area contributed by atoms with Crippen LogP contribution in [0.3, 0.4) is 0 Å². The van der Waals surface area contributed by atoms with Crippen LogP contribution in [-0.4, -0.2) is 48.9 Å². The predicted molar refractivity (Wildman–Crippen MR) is 128 cm³/mol. The molecule has 0 bridgehead atoms. The Bertz CT molecular complexity index is 938. The summed E-state index contributed by atoms with van der Waals surface area (Å²) in [6.07, 6.45) is 8.24. The van der Waals surface area contributed by atoms with Crippen molar-refractivity contribution in [2.45, 2.75) is 64.0 Å². The fourth-order valence-electron chi connectivity index (χ4n) is 4.29. The lowest BCUT2D eigenvalue weighted by molar-refractivity contribution is -0.140. The third kappa shape index (κ3) is 6.85. The van der Waals surface area contributed by atoms with E-state index in [0.717, 1.165) is 38.5 Å². The van der Waals surface area contributed by atoms with Crippen molar-refractivity contribution in [1.29, 1.82) is 0 Å². The number of nitrogens with zero attached hydrogens (tertiary/aromatic N) is 1. The van der Waals surface area contributed by atoms with Gasteiger partial charge in [0.1, 0.15) is 11.8 Å². The van der Waals surface area contributed by atoms with Crippen LogP contribution in [0.1, 0.15) is 74.0 Å². The first-order valence-electron chi connectivity index (χ1n) is 12.1. The van der Waals surface area contributed by atoms with Gasteiger partial charge in [-0.25, -0.2) is 0 Å². The zero-order chi connectivity index (χ0) is 24.3. The molecule has 1 heterocycles. The Morgan fingerprint density at radius 1 is 1.15 bits per heavy atom. The Kier molecular flexibility index (Phi) is 9.55. The van der Waals surface area contributed by atoms with Gasteiger partial charge in [-0.15, -0.1) is 0 Å². The highest BCUT2D eigenvalue weighted by molar-refractivity contribution is 5.95. The fraction of sp³-hybridized carbons (Fsp3) is 0.500. The van der Waals surface area contributed by atoms with Crippen LogP contribution in [0.4, 0.5) is 0 Å². The zero-order valence-corrected chi connectivity index (χ0v) is 20.0. The highest BCUT2D eigenvalue weighted by Gasteiger charge is 2.33. The van der Waals surface area contributed by atoms with E-state index in [4.69, 9.17) is 9.15 Å². The summed E-state index contributed by atoms with van der Waals surface area (Å²) in [6, 6.07) is 9.68. The molecule has 0 radical (unpaired) electrons. The average molecular weight is 470 g/mol. The van der Waals surface area contributed by atoms with Gasteiger partial charge < -0.3 is 24.7 Å². The van der Waals surface area contributed by atoms with Crippen LogP contribution < -0.4 is 15.4 Å². The second kappa shape index (κ2) is 12.8. The molecular formula is C26H35N3O5. The van der Waals surface area contributed by atoms with Gasteiger partial charge in [0.25, 0.3) is 5.91 Å². The normalized spacial score (nSPS) is 14.8. The molecular weight excluding hydrogens is 434 g/mol. The molecule has 1 aliphatic rings. The van der Waals surface area contributed by atoms with Gasteiger partial charge >= 0.3 is 0 Å². The summed E-state index contributed by atoms with van der Waals surface area (Å²) >= 11 is 0. The van der Waals surface area contributed by atoms with Crippen LogP contribution in [-0.2, 0) is 9.59 Å². The van der Waals surface area contributed by atoms with E-state index in [1.54, 1.807) is 30.2 Å². The van der Waals surface area contributed by atoms with Crippen LogP contribution >= 0.6 is 0 Å². The van der Waals surface area contributed by atoms with Crippen molar-refractivity contribution < 1.29 is 23.5 Å². The van der Waals surface area contributed by atoms with E-state index >= 15 is 0 Å². The SMILES string of the molecule is CCCCN(C(=O)CNC(=O)c1ccco1)[C@@H](C(=O)NC1CCCCC1)c1cccc(OC)c1. The average Bonchev–Trinajstić information content (AvgIpc) is 3.40. The van der Waals surface area contributed by atoms with E-state index in [0.29, 0.717) is 17.9 Å². The highest BCUT2D eigenvalue weighted by Crippen LogP contribution is 2.27. The van der Waals surface area contributed by atoms with Crippen molar-refractivity contribution in [2.24, 2.45) is 0 Å². The maximum absolute atomic E-state index is 13.6. The van der Waals surface area contributed by atoms with E-state index in [-0.39, 0.29) is 30.2 Å². The molecule has 8 nitrogen and oxygen atoms in total. The molecule has 1 saturated carbocycles. The van der Waals surface area contributed by atoms with Crippen molar-refractivity contribution >= 4 is 17.7 Å². The standard InChI is InChI=1S/C26H35N3O5/c1-3-4-15-29(23(30)18-27-25(31)22-14-9-16-34-22)24(19-10-8-13-21(17-19)33-2)26(32)28-20-11-6-5-7-12-20/h8-10,13-14,16-17,20,24H,3-7,11-12,15,18H2,1-2H3,(H,27,31)(H,28,32)/t24-/m1/s1. The van der Waals surface area contributed by atoms with Crippen molar-refractivity contribution in [3.8, 4) is 5.75 Å². The molecule has 0 unspecified atom stereocenters. The van der Waals surface area contributed by atoms with Gasteiger partial charge in [0.05, 0.1) is 19.9 Å². The minimum absolute atomic E-state index is 0.108. The molecule has 8 heteroatoms. The molecule has 0 saturated heterocycles. The summed E-state index contributed by atoms with van der Waals surface area (Å²) in [4.78, 5) is 40.8. The number of carbonyl (C=O) groups excluding carboxylic acids is 3. The van der Waals surface area contributed by atoms with Gasteiger partial charge in [-0.3, -0.25) is 14.4 Å². The van der Waals surface area contributed by atoms with Gasteiger partial charge in [0.2, 0.25) is 11.8 Å². The van der Waals surface area contributed by atoms with E-state index in [9.17, 15) is 14.4 Å². The number of rotatable bonds is 11. The Balaban J connectivity index is 1.84. The summed E-state index contributed by atoms with van der Waals surface area (Å²) in [5.74, 6) is -0.269. The lowest BCUT2D eigenvalue weighted by Gasteiger charge is -2.33. The third-order valence-corrected chi connectivity index (χ3v) is 6.14. The molecule has 3 amide bonds. The molecule has 1 aromatic carbocycles. The van der Waals surface area contributed by atoms with E-state index in [1.807, 2.05) is 19.1 Å². The molecule has 2 aromatic rings. The smallest absolute Gasteiger partial charge is 0.287 e. The van der Waals surface area contributed by atoms with Crippen molar-refractivity contribution in [3.05, 3.63) is 54.0 Å². The summed E-state index contributed by atoms with van der Waals surface area (Å²) in [5, 5.41) is 5.79. The Morgan fingerprint density at radius 3 is 2.62 bits per heavy atom. The number of hydrogen-bond acceptors (Lipinski definition) is 5. The first-order valence-corrected chi connectivity index (χ1v) is 12.1. The molecule has 1 fully saturated rings. The van der Waals surface area contributed by atoms with Crippen LogP contribution in [0.25, 0.3) is 0 Å². The first-order chi connectivity index (χ1) is 16.5. The molecule has 0 spiro atoms. The summed E-state index contributed by atoms with van der Waals surface area (Å²) in [6.45, 7) is 2.19. The topological polar surface area (TPSA) is 101 Å². The predicted octanol–water partition coefficient (Wildman–Crippen LogP) is 3.84. The van der Waals surface area contributed by atoms with Crippen molar-refractivity contribution in [3.63, 3.8) is 0 Å².